The molecule has 0 radical (unpaired) electrons. The van der Waals surface area contributed by atoms with Crippen LogP contribution in [0.2, 0.25) is 5.02 Å². The number of aryl methyl sites for hydroxylation is 1. The molecule has 0 aromatic heterocycles. The molecule has 0 unspecified atom stereocenters. The van der Waals surface area contributed by atoms with Crippen molar-refractivity contribution in [1.29, 1.82) is 0 Å². The van der Waals surface area contributed by atoms with Crippen LogP contribution in [0.1, 0.15) is 89.8 Å². The van der Waals surface area contributed by atoms with Gasteiger partial charge in [0.2, 0.25) is 0 Å². The normalized spacial score (nSPS) is 20.2. The highest BCUT2D eigenvalue weighted by molar-refractivity contribution is 6.32. The average Bonchev–Trinajstić information content (AvgIpc) is 2.86. The van der Waals surface area contributed by atoms with Gasteiger partial charge >= 0.3 is 0 Å². The van der Waals surface area contributed by atoms with Gasteiger partial charge in [0.15, 0.2) is 23.1 Å². The molecule has 0 spiro atoms. The van der Waals surface area contributed by atoms with Crippen LogP contribution in [0.15, 0.2) is 58.9 Å². The third-order valence-electron chi connectivity index (χ3n) is 8.47. The molecule has 0 bridgehead atoms. The number of carbonyl (C=O) groups excluding carboxylic acids is 2. The lowest BCUT2D eigenvalue weighted by atomic mass is 9.63. The predicted octanol–water partition coefficient (Wildman–Crippen LogP) is 8.33. The highest BCUT2D eigenvalue weighted by Crippen LogP contribution is 2.55. The van der Waals surface area contributed by atoms with Gasteiger partial charge in [0.25, 0.3) is 0 Å². The number of hydrogen-bond acceptors (Lipinski definition) is 5. The third kappa shape index (κ3) is 5.70. The Labute approximate surface area is 249 Å². The lowest BCUT2D eigenvalue weighted by molar-refractivity contribution is -0.119. The van der Waals surface area contributed by atoms with E-state index in [0.717, 1.165) is 52.1 Å². The third-order valence-corrected chi connectivity index (χ3v) is 8.75. The van der Waals surface area contributed by atoms with Gasteiger partial charge < -0.3 is 14.4 Å². The summed E-state index contributed by atoms with van der Waals surface area (Å²) in [5, 5.41) is 0.410. The van der Waals surface area contributed by atoms with Crippen molar-refractivity contribution < 1.29 is 19.1 Å². The van der Waals surface area contributed by atoms with Crippen molar-refractivity contribution in [2.45, 2.75) is 86.7 Å². The molecule has 0 fully saturated rings. The van der Waals surface area contributed by atoms with Gasteiger partial charge in [-0.1, -0.05) is 69.1 Å². The molecule has 0 N–H and O–H groups in total. The second kappa shape index (κ2) is 11.0. The van der Waals surface area contributed by atoms with Crippen LogP contribution >= 0.6 is 11.6 Å². The Hall–Kier alpha value is -3.05. The number of benzene rings is 2. The summed E-state index contributed by atoms with van der Waals surface area (Å²) in [6, 6.07) is 12.0. The molecule has 2 aromatic carbocycles. The molecule has 0 amide bonds. The van der Waals surface area contributed by atoms with Crippen molar-refractivity contribution in [2.75, 3.05) is 13.2 Å². The van der Waals surface area contributed by atoms with Crippen LogP contribution in [0.3, 0.4) is 0 Å². The van der Waals surface area contributed by atoms with Crippen molar-refractivity contribution in [3.8, 4) is 11.5 Å². The first-order chi connectivity index (χ1) is 19.3. The van der Waals surface area contributed by atoms with E-state index in [1.54, 1.807) is 0 Å². The zero-order valence-corrected chi connectivity index (χ0v) is 26.2. The van der Waals surface area contributed by atoms with Gasteiger partial charge in [-0.15, -0.1) is 0 Å². The summed E-state index contributed by atoms with van der Waals surface area (Å²) < 4.78 is 12.3. The Morgan fingerprint density at radius 3 is 2.02 bits per heavy atom. The summed E-state index contributed by atoms with van der Waals surface area (Å²) in [6.45, 7) is 16.2. The number of hydrogen-bond donors (Lipinski definition) is 0. The van der Waals surface area contributed by atoms with Crippen LogP contribution in [0.4, 0.5) is 0 Å². The number of halogens is 1. The number of nitrogens with zero attached hydrogens (tertiary/aromatic N) is 1. The molecule has 2 aromatic rings. The SMILES string of the molecule is CCOc1cc(C2C3=C(CC(C)(C)CC3=O)N(CC)C3=C2C(=O)CC(C)(C)C3)cc(Cl)c1OCc1cccc(C)c1. The molecule has 0 atom stereocenters. The maximum Gasteiger partial charge on any atom is 0.180 e. The molecule has 41 heavy (non-hydrogen) atoms. The standard InChI is InChI=1S/C35H42ClNO4/c1-8-37-25-16-34(4,5)18-27(38)31(25)30(32-26(37)17-35(6,7)19-28(32)39)23-14-24(36)33(29(15-23)40-9-2)41-20-22-12-10-11-21(3)13-22/h10-15,30H,8-9,16-20H2,1-7H3. The smallest absolute Gasteiger partial charge is 0.180 e. The van der Waals surface area contributed by atoms with Gasteiger partial charge in [0.05, 0.1) is 11.6 Å². The van der Waals surface area contributed by atoms with Crippen LogP contribution in [-0.2, 0) is 16.2 Å². The molecule has 2 aliphatic carbocycles. The fourth-order valence-corrected chi connectivity index (χ4v) is 7.15. The number of ketones is 2. The first kappa shape index (κ1) is 29.4. The Kier molecular flexibility index (Phi) is 7.88. The molecule has 5 nitrogen and oxygen atoms in total. The molecule has 1 heterocycles. The average molecular weight is 576 g/mol. The first-order valence-electron chi connectivity index (χ1n) is 14.8. The minimum Gasteiger partial charge on any atom is -0.490 e. The molecule has 0 saturated heterocycles. The highest BCUT2D eigenvalue weighted by Gasteiger charge is 2.48. The van der Waals surface area contributed by atoms with Crippen LogP contribution < -0.4 is 9.47 Å². The number of carbonyl (C=O) groups is 2. The summed E-state index contributed by atoms with van der Waals surface area (Å²) in [4.78, 5) is 30.1. The number of ether oxygens (including phenoxy) is 2. The van der Waals surface area contributed by atoms with Crippen molar-refractivity contribution in [1.82, 2.24) is 4.90 Å². The van der Waals surface area contributed by atoms with Gasteiger partial charge in [-0.2, -0.15) is 0 Å². The molecule has 0 saturated carbocycles. The molecular weight excluding hydrogens is 534 g/mol. The summed E-state index contributed by atoms with van der Waals surface area (Å²) in [6.07, 6.45) is 2.47. The predicted molar refractivity (Wildman–Crippen MR) is 163 cm³/mol. The van der Waals surface area contributed by atoms with Crippen molar-refractivity contribution >= 4 is 23.2 Å². The molecule has 6 heteroatoms. The summed E-state index contributed by atoms with van der Waals surface area (Å²) in [7, 11) is 0. The number of Topliss-reactive ketones (excluding diaryl/α,β-unsaturated/α-hetero) is 2. The second-order valence-electron chi connectivity index (χ2n) is 13.3. The fraction of sp³-hybridized carbons (Fsp3) is 0.486. The van der Waals surface area contributed by atoms with Crippen molar-refractivity contribution in [3.63, 3.8) is 0 Å². The maximum absolute atomic E-state index is 13.9. The monoisotopic (exact) mass is 575 g/mol. The van der Waals surface area contributed by atoms with Gasteiger partial charge in [0.1, 0.15) is 6.61 Å². The van der Waals surface area contributed by atoms with E-state index in [9.17, 15) is 9.59 Å². The van der Waals surface area contributed by atoms with E-state index in [2.05, 4.69) is 45.6 Å². The maximum atomic E-state index is 13.9. The highest BCUT2D eigenvalue weighted by atomic mass is 35.5. The first-order valence-corrected chi connectivity index (χ1v) is 15.2. The molecular formula is C35H42ClNO4. The molecule has 1 aliphatic heterocycles. The summed E-state index contributed by atoms with van der Waals surface area (Å²) in [5.74, 6) is 0.741. The molecule has 5 rings (SSSR count). The Morgan fingerprint density at radius 2 is 1.49 bits per heavy atom. The quantitative estimate of drug-likeness (QED) is 0.332. The Balaban J connectivity index is 1.66. The lowest BCUT2D eigenvalue weighted by Crippen LogP contribution is -2.44. The van der Waals surface area contributed by atoms with E-state index in [1.807, 2.05) is 44.2 Å². The van der Waals surface area contributed by atoms with E-state index in [-0.39, 0.29) is 22.4 Å². The van der Waals surface area contributed by atoms with E-state index in [0.29, 0.717) is 49.1 Å². The minimum atomic E-state index is -0.475. The zero-order chi connectivity index (χ0) is 29.7. The molecule has 3 aliphatic rings. The zero-order valence-electron chi connectivity index (χ0n) is 25.4. The minimum absolute atomic E-state index is 0.109. The van der Waals surface area contributed by atoms with Crippen molar-refractivity contribution in [3.05, 3.63) is 80.7 Å². The van der Waals surface area contributed by atoms with Gasteiger partial charge in [-0.3, -0.25) is 9.59 Å². The molecule has 218 valence electrons. The van der Waals surface area contributed by atoms with E-state index in [4.69, 9.17) is 21.1 Å². The van der Waals surface area contributed by atoms with Gasteiger partial charge in [0, 0.05) is 47.8 Å². The lowest BCUT2D eigenvalue weighted by Gasteiger charge is -2.49. The van der Waals surface area contributed by atoms with Crippen LogP contribution in [0.25, 0.3) is 0 Å². The number of rotatable bonds is 7. The summed E-state index contributed by atoms with van der Waals surface area (Å²) in [5.41, 5.74) is 6.28. The van der Waals surface area contributed by atoms with E-state index in [1.165, 1.54) is 0 Å². The van der Waals surface area contributed by atoms with Crippen LogP contribution in [0, 0.1) is 17.8 Å². The van der Waals surface area contributed by atoms with E-state index >= 15 is 0 Å². The van der Waals surface area contributed by atoms with Gasteiger partial charge in [-0.25, -0.2) is 0 Å². The van der Waals surface area contributed by atoms with Crippen molar-refractivity contribution in [2.24, 2.45) is 10.8 Å². The number of allylic oxidation sites excluding steroid dienone is 4. The topological polar surface area (TPSA) is 55.8 Å². The van der Waals surface area contributed by atoms with E-state index < -0.39 is 5.92 Å². The summed E-state index contributed by atoms with van der Waals surface area (Å²) >= 11 is 6.94. The fourth-order valence-electron chi connectivity index (χ4n) is 6.88. The van der Waals surface area contributed by atoms with Crippen LogP contribution in [0.5, 0.6) is 11.5 Å². The Morgan fingerprint density at radius 1 is 0.878 bits per heavy atom. The largest absolute Gasteiger partial charge is 0.490 e. The Bertz CT molecular complexity index is 1410. The van der Waals surface area contributed by atoms with Crippen LogP contribution in [-0.4, -0.2) is 29.6 Å². The van der Waals surface area contributed by atoms with Gasteiger partial charge in [-0.05, 0) is 67.7 Å². The second-order valence-corrected chi connectivity index (χ2v) is 13.7.